The fourth-order valence-corrected chi connectivity index (χ4v) is 1.42. The number of aromatic amines is 1. The Hall–Kier alpha value is -0.780. The van der Waals surface area contributed by atoms with Gasteiger partial charge in [0.05, 0.1) is 12.9 Å². The number of ether oxygens (including phenoxy) is 1. The standard InChI is InChI=1S/C12H21N3O2.2ClH/c1-9(2)4-5-17-12(16)11(13-3)6-10-7-14-8-15-10;;/h7-9,11,13H,4-6H2,1-3H3,(H,14,15);2*1H/t11-;;/m0../s1. The fraction of sp³-hybridized carbons (Fsp3) is 0.667. The maximum absolute atomic E-state index is 11.8. The summed E-state index contributed by atoms with van der Waals surface area (Å²) in [7, 11) is 1.75. The van der Waals surface area contributed by atoms with Crippen LogP contribution in [-0.2, 0) is 16.0 Å². The zero-order chi connectivity index (χ0) is 12.7. The quantitative estimate of drug-likeness (QED) is 0.756. The highest BCUT2D eigenvalue weighted by atomic mass is 35.5. The van der Waals surface area contributed by atoms with E-state index in [1.807, 2.05) is 0 Å². The second-order valence-corrected chi connectivity index (χ2v) is 4.47. The number of aromatic nitrogens is 2. The number of imidazole rings is 1. The molecule has 7 heteroatoms. The Bertz CT molecular complexity index is 332. The van der Waals surface area contributed by atoms with Gasteiger partial charge in [0.15, 0.2) is 0 Å². The van der Waals surface area contributed by atoms with E-state index in [0.29, 0.717) is 18.9 Å². The molecule has 1 heterocycles. The highest BCUT2D eigenvalue weighted by Crippen LogP contribution is 2.03. The lowest BCUT2D eigenvalue weighted by molar-refractivity contribution is -0.146. The first-order valence-electron chi connectivity index (χ1n) is 5.94. The number of rotatable bonds is 7. The van der Waals surface area contributed by atoms with Gasteiger partial charge in [0.2, 0.25) is 0 Å². The number of H-pyrrole nitrogens is 1. The molecule has 2 N–H and O–H groups in total. The molecule has 1 atom stereocenters. The molecule has 0 fully saturated rings. The molecule has 0 aromatic carbocycles. The monoisotopic (exact) mass is 311 g/mol. The van der Waals surface area contributed by atoms with E-state index < -0.39 is 0 Å². The van der Waals surface area contributed by atoms with Gasteiger partial charge in [-0.3, -0.25) is 4.79 Å². The molecular formula is C12H23Cl2N3O2. The number of nitrogens with zero attached hydrogens (tertiary/aromatic N) is 1. The Balaban J connectivity index is 0. The number of nitrogens with one attached hydrogen (secondary N) is 2. The van der Waals surface area contributed by atoms with Crippen molar-refractivity contribution in [1.29, 1.82) is 0 Å². The van der Waals surface area contributed by atoms with E-state index in [4.69, 9.17) is 4.74 Å². The summed E-state index contributed by atoms with van der Waals surface area (Å²) in [5.74, 6) is 0.339. The van der Waals surface area contributed by atoms with Gasteiger partial charge in [0.1, 0.15) is 6.04 Å². The zero-order valence-corrected chi connectivity index (χ0v) is 13.1. The van der Waals surface area contributed by atoms with Crippen molar-refractivity contribution < 1.29 is 9.53 Å². The first kappa shape index (κ1) is 20.5. The molecule has 0 aliphatic carbocycles. The van der Waals surface area contributed by atoms with Crippen LogP contribution in [0.3, 0.4) is 0 Å². The van der Waals surface area contributed by atoms with Crippen LogP contribution < -0.4 is 5.32 Å². The highest BCUT2D eigenvalue weighted by molar-refractivity contribution is 5.85. The van der Waals surface area contributed by atoms with Gasteiger partial charge < -0.3 is 15.0 Å². The van der Waals surface area contributed by atoms with E-state index in [1.54, 1.807) is 19.6 Å². The Morgan fingerprint density at radius 2 is 2.16 bits per heavy atom. The molecule has 0 radical (unpaired) electrons. The van der Waals surface area contributed by atoms with Gasteiger partial charge in [0.25, 0.3) is 0 Å². The molecule has 1 rings (SSSR count). The topological polar surface area (TPSA) is 67.0 Å². The van der Waals surface area contributed by atoms with Gasteiger partial charge in [-0.25, -0.2) is 4.98 Å². The minimum atomic E-state index is -0.317. The van der Waals surface area contributed by atoms with Crippen LogP contribution in [0.5, 0.6) is 0 Å². The molecular weight excluding hydrogens is 289 g/mol. The lowest BCUT2D eigenvalue weighted by Gasteiger charge is -2.14. The second-order valence-electron chi connectivity index (χ2n) is 4.47. The molecule has 112 valence electrons. The van der Waals surface area contributed by atoms with Gasteiger partial charge >= 0.3 is 5.97 Å². The Morgan fingerprint density at radius 3 is 2.63 bits per heavy atom. The van der Waals surface area contributed by atoms with Gasteiger partial charge in [-0.05, 0) is 19.4 Å². The molecule has 0 unspecified atom stereocenters. The Labute approximate surface area is 126 Å². The normalized spacial score (nSPS) is 11.4. The smallest absolute Gasteiger partial charge is 0.323 e. The summed E-state index contributed by atoms with van der Waals surface area (Å²) >= 11 is 0. The van der Waals surface area contributed by atoms with Crippen molar-refractivity contribution in [3.63, 3.8) is 0 Å². The summed E-state index contributed by atoms with van der Waals surface area (Å²) in [5, 5.41) is 2.96. The molecule has 0 saturated heterocycles. The first-order chi connectivity index (χ1) is 8.13. The molecule has 19 heavy (non-hydrogen) atoms. The van der Waals surface area contributed by atoms with Crippen molar-refractivity contribution in [3.05, 3.63) is 18.2 Å². The van der Waals surface area contributed by atoms with Gasteiger partial charge in [-0.1, -0.05) is 13.8 Å². The Kier molecular flexibility index (Phi) is 12.0. The third-order valence-electron chi connectivity index (χ3n) is 2.55. The number of hydrogen-bond acceptors (Lipinski definition) is 4. The molecule has 0 aliphatic rings. The highest BCUT2D eigenvalue weighted by Gasteiger charge is 2.18. The lowest BCUT2D eigenvalue weighted by atomic mass is 10.1. The summed E-state index contributed by atoms with van der Waals surface area (Å²) in [6.45, 7) is 4.69. The van der Waals surface area contributed by atoms with Gasteiger partial charge in [-0.2, -0.15) is 0 Å². The third kappa shape index (κ3) is 8.08. The van der Waals surface area contributed by atoms with Crippen LogP contribution in [0.2, 0.25) is 0 Å². The molecule has 0 bridgehead atoms. The number of carbonyl (C=O) groups excluding carboxylic acids is 1. The maximum atomic E-state index is 11.8. The molecule has 5 nitrogen and oxygen atoms in total. The van der Waals surface area contributed by atoms with E-state index in [2.05, 4.69) is 29.1 Å². The molecule has 0 saturated carbocycles. The molecule has 1 aromatic heterocycles. The number of likely N-dealkylation sites (N-methyl/N-ethyl adjacent to an activating group) is 1. The van der Waals surface area contributed by atoms with Crippen molar-refractivity contribution in [2.45, 2.75) is 32.7 Å². The summed E-state index contributed by atoms with van der Waals surface area (Å²) in [6.07, 6.45) is 4.78. The number of esters is 1. The van der Waals surface area contributed by atoms with Crippen molar-refractivity contribution in [3.8, 4) is 0 Å². The number of halogens is 2. The van der Waals surface area contributed by atoms with Crippen molar-refractivity contribution in [2.24, 2.45) is 5.92 Å². The van der Waals surface area contributed by atoms with Crippen LogP contribution >= 0.6 is 24.8 Å². The van der Waals surface area contributed by atoms with Crippen molar-refractivity contribution in [1.82, 2.24) is 15.3 Å². The summed E-state index contributed by atoms with van der Waals surface area (Å²) in [6, 6.07) is -0.317. The Morgan fingerprint density at radius 1 is 1.47 bits per heavy atom. The van der Waals surface area contributed by atoms with Crippen molar-refractivity contribution >= 4 is 30.8 Å². The first-order valence-corrected chi connectivity index (χ1v) is 5.94. The van der Waals surface area contributed by atoms with Crippen LogP contribution in [-0.4, -0.2) is 35.6 Å². The molecule has 0 spiro atoms. The number of hydrogen-bond donors (Lipinski definition) is 2. The lowest BCUT2D eigenvalue weighted by Crippen LogP contribution is -2.37. The predicted octanol–water partition coefficient (Wildman–Crippen LogP) is 1.97. The second kappa shape index (κ2) is 11.1. The van der Waals surface area contributed by atoms with E-state index in [0.717, 1.165) is 12.1 Å². The third-order valence-corrected chi connectivity index (χ3v) is 2.55. The molecule has 0 aliphatic heterocycles. The van der Waals surface area contributed by atoms with Crippen LogP contribution in [0.15, 0.2) is 12.5 Å². The SMILES string of the molecule is CN[C@@H](Cc1cnc[nH]1)C(=O)OCCC(C)C.Cl.Cl. The minimum absolute atomic E-state index is 0. The van der Waals surface area contributed by atoms with Gasteiger partial charge in [-0.15, -0.1) is 24.8 Å². The van der Waals surface area contributed by atoms with Crippen LogP contribution in [0.4, 0.5) is 0 Å². The van der Waals surface area contributed by atoms with Crippen LogP contribution in [0.1, 0.15) is 26.0 Å². The van der Waals surface area contributed by atoms with E-state index in [-0.39, 0.29) is 36.8 Å². The predicted molar refractivity (Wildman–Crippen MR) is 80.0 cm³/mol. The average molecular weight is 312 g/mol. The van der Waals surface area contributed by atoms with Crippen LogP contribution in [0, 0.1) is 5.92 Å². The van der Waals surface area contributed by atoms with Crippen LogP contribution in [0.25, 0.3) is 0 Å². The number of carbonyl (C=O) groups is 1. The minimum Gasteiger partial charge on any atom is -0.465 e. The summed E-state index contributed by atoms with van der Waals surface area (Å²) in [5.41, 5.74) is 0.921. The van der Waals surface area contributed by atoms with E-state index in [9.17, 15) is 4.79 Å². The summed E-state index contributed by atoms with van der Waals surface area (Å²) < 4.78 is 5.22. The fourth-order valence-electron chi connectivity index (χ4n) is 1.42. The maximum Gasteiger partial charge on any atom is 0.323 e. The zero-order valence-electron chi connectivity index (χ0n) is 11.5. The average Bonchev–Trinajstić information content (AvgIpc) is 2.77. The van der Waals surface area contributed by atoms with E-state index >= 15 is 0 Å². The van der Waals surface area contributed by atoms with E-state index in [1.165, 1.54) is 0 Å². The largest absolute Gasteiger partial charge is 0.465 e. The summed E-state index contributed by atoms with van der Waals surface area (Å²) in [4.78, 5) is 18.7. The van der Waals surface area contributed by atoms with Crippen molar-refractivity contribution in [2.75, 3.05) is 13.7 Å². The molecule has 0 amide bonds. The van der Waals surface area contributed by atoms with Gasteiger partial charge in [0, 0.05) is 18.3 Å². The molecule has 1 aromatic rings.